The minimum Gasteiger partial charge on any atom is -0.483 e. The van der Waals surface area contributed by atoms with Crippen LogP contribution >= 0.6 is 0 Å². The zero-order valence-corrected chi connectivity index (χ0v) is 10.8. The second kappa shape index (κ2) is 6.38. The quantitative estimate of drug-likeness (QED) is 0.846. The highest BCUT2D eigenvalue weighted by Gasteiger charge is 2.21. The number of anilines is 1. The molecule has 1 fully saturated rings. The summed E-state index contributed by atoms with van der Waals surface area (Å²) in [6, 6.07) is 8.89. The first kappa shape index (κ1) is 14.3. The highest BCUT2D eigenvalue weighted by atomic mass is 19.1. The van der Waals surface area contributed by atoms with Crippen LogP contribution < -0.4 is 10.1 Å². The highest BCUT2D eigenvalue weighted by molar-refractivity contribution is 5.59. The van der Waals surface area contributed by atoms with Crippen LogP contribution in [0.4, 0.5) is 10.1 Å². The fourth-order valence-electron chi connectivity index (χ4n) is 1.56. The van der Waals surface area contributed by atoms with E-state index in [1.54, 1.807) is 18.2 Å². The molecule has 1 heterocycles. The molecule has 1 aromatic carbocycles. The number of nitrogens with zero attached hydrogens (tertiary/aromatic N) is 3. The molecule has 21 heavy (non-hydrogen) atoms. The number of halogens is 1. The van der Waals surface area contributed by atoms with E-state index in [1.165, 1.54) is 12.1 Å². The van der Waals surface area contributed by atoms with E-state index in [9.17, 15) is 4.39 Å². The van der Waals surface area contributed by atoms with Crippen LogP contribution in [-0.4, -0.2) is 19.3 Å². The Morgan fingerprint density at radius 2 is 1.95 bits per heavy atom. The van der Waals surface area contributed by atoms with Gasteiger partial charge in [0.2, 0.25) is 0 Å². The standard InChI is InChI=1S/C14H9FN4O2/c15-12-3-10(19-13(6-18)9(4-16)5-17)1-2-14(12)21-11-7-20-8-11/h1-3,11,19H,7-8H2. The molecule has 0 unspecified atom stereocenters. The number of hydrogen-bond acceptors (Lipinski definition) is 6. The molecule has 0 spiro atoms. The molecule has 0 atom stereocenters. The maximum Gasteiger partial charge on any atom is 0.167 e. The first-order valence-electron chi connectivity index (χ1n) is 5.93. The molecular formula is C14H9FN4O2. The van der Waals surface area contributed by atoms with Gasteiger partial charge in [-0.2, -0.15) is 15.8 Å². The molecule has 0 bridgehead atoms. The number of nitrogens with one attached hydrogen (secondary N) is 1. The Kier molecular flexibility index (Phi) is 4.36. The summed E-state index contributed by atoms with van der Waals surface area (Å²) in [5.74, 6) is -0.531. The molecule has 0 aliphatic carbocycles. The SMILES string of the molecule is N#CC(C#N)=C(C#N)Nc1ccc(OC2COC2)c(F)c1. The molecule has 7 heteroatoms. The van der Waals surface area contributed by atoms with Gasteiger partial charge in [-0.3, -0.25) is 0 Å². The minimum absolute atomic E-state index is 0.0807. The Bertz CT molecular complexity index is 689. The van der Waals surface area contributed by atoms with E-state index in [1.807, 2.05) is 0 Å². The summed E-state index contributed by atoms with van der Waals surface area (Å²) in [6.07, 6.45) is -0.156. The number of allylic oxidation sites excluding steroid dienone is 2. The molecular weight excluding hydrogens is 275 g/mol. The fraction of sp³-hybridized carbons (Fsp3) is 0.214. The van der Waals surface area contributed by atoms with Gasteiger partial charge in [0.25, 0.3) is 0 Å². The summed E-state index contributed by atoms with van der Waals surface area (Å²) < 4.78 is 24.1. The van der Waals surface area contributed by atoms with Crippen molar-refractivity contribution in [2.24, 2.45) is 0 Å². The second-order valence-electron chi connectivity index (χ2n) is 4.13. The second-order valence-corrected chi connectivity index (χ2v) is 4.13. The van der Waals surface area contributed by atoms with Gasteiger partial charge in [-0.15, -0.1) is 0 Å². The van der Waals surface area contributed by atoms with Crippen LogP contribution in [0, 0.1) is 39.8 Å². The summed E-state index contributed by atoms with van der Waals surface area (Å²) in [5, 5.41) is 28.8. The molecule has 0 saturated carbocycles. The van der Waals surface area contributed by atoms with Crippen molar-refractivity contribution >= 4 is 5.69 Å². The Hall–Kier alpha value is -3.08. The Balaban J connectivity index is 2.17. The van der Waals surface area contributed by atoms with Crippen molar-refractivity contribution in [3.8, 4) is 24.0 Å². The van der Waals surface area contributed by atoms with Crippen LogP contribution in [0.3, 0.4) is 0 Å². The van der Waals surface area contributed by atoms with E-state index >= 15 is 0 Å². The van der Waals surface area contributed by atoms with E-state index in [2.05, 4.69) is 5.32 Å². The van der Waals surface area contributed by atoms with Gasteiger partial charge in [0, 0.05) is 11.8 Å². The molecule has 1 aromatic rings. The highest BCUT2D eigenvalue weighted by Crippen LogP contribution is 2.24. The normalized spacial score (nSPS) is 13.0. The maximum absolute atomic E-state index is 13.9. The van der Waals surface area contributed by atoms with Crippen LogP contribution in [-0.2, 0) is 4.74 Å². The number of ether oxygens (including phenoxy) is 2. The molecule has 1 aliphatic heterocycles. The van der Waals surface area contributed by atoms with Crippen molar-refractivity contribution in [1.82, 2.24) is 0 Å². The third-order valence-electron chi connectivity index (χ3n) is 2.69. The molecule has 1 saturated heterocycles. The van der Waals surface area contributed by atoms with Crippen LogP contribution in [0.2, 0.25) is 0 Å². The third kappa shape index (κ3) is 3.27. The Morgan fingerprint density at radius 1 is 1.24 bits per heavy atom. The lowest BCUT2D eigenvalue weighted by molar-refractivity contribution is -0.0808. The average Bonchev–Trinajstić information content (AvgIpc) is 2.44. The Morgan fingerprint density at radius 3 is 2.43 bits per heavy atom. The largest absolute Gasteiger partial charge is 0.483 e. The molecule has 1 aliphatic rings. The van der Waals surface area contributed by atoms with Gasteiger partial charge in [0.1, 0.15) is 30.0 Å². The van der Waals surface area contributed by atoms with Crippen molar-refractivity contribution in [1.29, 1.82) is 15.8 Å². The van der Waals surface area contributed by atoms with Crippen molar-refractivity contribution in [3.05, 3.63) is 35.3 Å². The van der Waals surface area contributed by atoms with Gasteiger partial charge >= 0.3 is 0 Å². The van der Waals surface area contributed by atoms with Crippen LogP contribution in [0.15, 0.2) is 29.5 Å². The summed E-state index contributed by atoms with van der Waals surface area (Å²) in [4.78, 5) is 0. The summed E-state index contributed by atoms with van der Waals surface area (Å²) in [6.45, 7) is 0.850. The molecule has 2 rings (SSSR count). The Labute approximate surface area is 120 Å². The van der Waals surface area contributed by atoms with Gasteiger partial charge < -0.3 is 14.8 Å². The third-order valence-corrected chi connectivity index (χ3v) is 2.69. The lowest BCUT2D eigenvalue weighted by Crippen LogP contribution is -2.38. The zero-order chi connectivity index (χ0) is 15.2. The van der Waals surface area contributed by atoms with Crippen molar-refractivity contribution < 1.29 is 13.9 Å². The summed E-state index contributed by atoms with van der Waals surface area (Å²) >= 11 is 0. The molecule has 0 radical (unpaired) electrons. The first-order chi connectivity index (χ1) is 10.2. The number of rotatable bonds is 4. The minimum atomic E-state index is -0.611. The topological polar surface area (TPSA) is 102 Å². The zero-order valence-electron chi connectivity index (χ0n) is 10.8. The van der Waals surface area contributed by atoms with Crippen molar-refractivity contribution in [2.45, 2.75) is 6.10 Å². The van der Waals surface area contributed by atoms with E-state index in [-0.39, 0.29) is 28.8 Å². The van der Waals surface area contributed by atoms with E-state index in [0.29, 0.717) is 13.2 Å². The van der Waals surface area contributed by atoms with Gasteiger partial charge in [0.05, 0.1) is 13.2 Å². The molecule has 0 amide bonds. The van der Waals surface area contributed by atoms with Gasteiger partial charge in [-0.25, -0.2) is 4.39 Å². The predicted octanol–water partition coefficient (Wildman–Crippen LogP) is 1.84. The fourth-order valence-corrected chi connectivity index (χ4v) is 1.56. The maximum atomic E-state index is 13.9. The first-order valence-corrected chi connectivity index (χ1v) is 5.93. The summed E-state index contributed by atoms with van der Waals surface area (Å²) in [5.41, 5.74) is -0.366. The van der Waals surface area contributed by atoms with E-state index in [0.717, 1.165) is 6.07 Å². The molecule has 6 nitrogen and oxygen atoms in total. The van der Waals surface area contributed by atoms with E-state index in [4.69, 9.17) is 25.3 Å². The number of benzene rings is 1. The van der Waals surface area contributed by atoms with Gasteiger partial charge in [-0.05, 0) is 12.1 Å². The van der Waals surface area contributed by atoms with Crippen LogP contribution in [0.25, 0.3) is 0 Å². The molecule has 104 valence electrons. The lowest BCUT2D eigenvalue weighted by atomic mass is 10.2. The number of nitriles is 3. The van der Waals surface area contributed by atoms with Gasteiger partial charge in [-0.1, -0.05) is 0 Å². The number of hydrogen-bond donors (Lipinski definition) is 1. The van der Waals surface area contributed by atoms with Gasteiger partial charge in [0.15, 0.2) is 17.1 Å². The average molecular weight is 284 g/mol. The monoisotopic (exact) mass is 284 g/mol. The van der Waals surface area contributed by atoms with Crippen LogP contribution in [0.5, 0.6) is 5.75 Å². The smallest absolute Gasteiger partial charge is 0.167 e. The molecule has 0 aromatic heterocycles. The van der Waals surface area contributed by atoms with Crippen LogP contribution in [0.1, 0.15) is 0 Å². The molecule has 1 N–H and O–H groups in total. The predicted molar refractivity (Wildman–Crippen MR) is 69.1 cm³/mol. The van der Waals surface area contributed by atoms with E-state index < -0.39 is 5.82 Å². The van der Waals surface area contributed by atoms with Crippen molar-refractivity contribution in [2.75, 3.05) is 18.5 Å². The van der Waals surface area contributed by atoms with Crippen molar-refractivity contribution in [3.63, 3.8) is 0 Å². The summed E-state index contributed by atoms with van der Waals surface area (Å²) in [7, 11) is 0. The lowest BCUT2D eigenvalue weighted by Gasteiger charge is -2.26.